The summed E-state index contributed by atoms with van der Waals surface area (Å²) < 4.78 is 13.8. The van der Waals surface area contributed by atoms with Crippen LogP contribution in [0.1, 0.15) is 18.1 Å². The van der Waals surface area contributed by atoms with Gasteiger partial charge >= 0.3 is 0 Å². The van der Waals surface area contributed by atoms with Gasteiger partial charge in [0.25, 0.3) is 11.5 Å². The van der Waals surface area contributed by atoms with Crippen molar-refractivity contribution in [3.05, 3.63) is 116 Å². The molecule has 206 valence electrons. The van der Waals surface area contributed by atoms with Gasteiger partial charge in [0.15, 0.2) is 23.9 Å². The van der Waals surface area contributed by atoms with Crippen molar-refractivity contribution in [1.29, 1.82) is 0 Å². The standard InChI is InChI=1S/C32H27IN4O4/c1-3-40-28-18-22(17-26(33)30(28)41-20-29(38)35-24-15-13-21(2)14-16-24)19-34-37-31(23-9-5-4-6-10-23)36-27-12-8-7-11-25(27)32(37)39/h4-19H,3,20H2,1-2H3,(H,35,38). The van der Waals surface area contributed by atoms with Gasteiger partial charge in [-0.05, 0) is 78.4 Å². The third-order valence-corrected chi connectivity index (χ3v) is 6.92. The molecule has 5 aromatic rings. The first-order chi connectivity index (χ1) is 19.9. The Morgan fingerprint density at radius 3 is 2.49 bits per heavy atom. The lowest BCUT2D eigenvalue weighted by Crippen LogP contribution is -2.21. The predicted octanol–water partition coefficient (Wildman–Crippen LogP) is 6.27. The van der Waals surface area contributed by atoms with E-state index >= 15 is 0 Å². The van der Waals surface area contributed by atoms with Crippen molar-refractivity contribution in [2.75, 3.05) is 18.5 Å². The fraction of sp³-hybridized carbons (Fsp3) is 0.125. The summed E-state index contributed by atoms with van der Waals surface area (Å²) in [6.07, 6.45) is 1.59. The molecule has 0 radical (unpaired) electrons. The SMILES string of the molecule is CCOc1cc(C=Nn2c(-c3ccccc3)nc3ccccc3c2=O)cc(I)c1OCC(=O)Nc1ccc(C)cc1. The molecule has 0 saturated heterocycles. The van der Waals surface area contributed by atoms with Crippen molar-refractivity contribution in [3.63, 3.8) is 0 Å². The van der Waals surface area contributed by atoms with E-state index in [1.54, 1.807) is 24.4 Å². The highest BCUT2D eigenvalue weighted by atomic mass is 127. The predicted molar refractivity (Wildman–Crippen MR) is 170 cm³/mol. The molecular formula is C32H27IN4O4. The van der Waals surface area contributed by atoms with Gasteiger partial charge in [0.1, 0.15) is 0 Å². The quantitative estimate of drug-likeness (QED) is 0.149. The van der Waals surface area contributed by atoms with Crippen molar-refractivity contribution in [2.45, 2.75) is 13.8 Å². The van der Waals surface area contributed by atoms with Gasteiger partial charge in [-0.25, -0.2) is 4.98 Å². The van der Waals surface area contributed by atoms with Gasteiger partial charge in [-0.2, -0.15) is 9.78 Å². The first kappa shape index (κ1) is 28.0. The maximum absolute atomic E-state index is 13.5. The molecule has 0 atom stereocenters. The molecule has 8 nitrogen and oxygen atoms in total. The summed E-state index contributed by atoms with van der Waals surface area (Å²) in [4.78, 5) is 30.7. The number of rotatable bonds is 9. The maximum Gasteiger partial charge on any atom is 0.282 e. The number of ether oxygens (including phenoxy) is 2. The zero-order chi connectivity index (χ0) is 28.8. The first-order valence-electron chi connectivity index (χ1n) is 13.0. The molecule has 5 rings (SSSR count). The van der Waals surface area contributed by atoms with Crippen LogP contribution in [0.25, 0.3) is 22.3 Å². The lowest BCUT2D eigenvalue weighted by Gasteiger charge is -2.15. The van der Waals surface area contributed by atoms with E-state index in [2.05, 4.69) is 33.0 Å². The van der Waals surface area contributed by atoms with E-state index < -0.39 is 0 Å². The Hall–Kier alpha value is -4.51. The molecule has 41 heavy (non-hydrogen) atoms. The van der Waals surface area contributed by atoms with E-state index in [1.807, 2.05) is 86.6 Å². The zero-order valence-corrected chi connectivity index (χ0v) is 24.7. The van der Waals surface area contributed by atoms with Crippen molar-refractivity contribution in [1.82, 2.24) is 9.66 Å². The van der Waals surface area contributed by atoms with E-state index in [-0.39, 0.29) is 18.1 Å². The highest BCUT2D eigenvalue weighted by Gasteiger charge is 2.15. The number of hydrogen-bond acceptors (Lipinski definition) is 6. The molecule has 0 fully saturated rings. The van der Waals surface area contributed by atoms with E-state index in [0.29, 0.717) is 46.1 Å². The smallest absolute Gasteiger partial charge is 0.282 e. The number of amides is 1. The van der Waals surface area contributed by atoms with Gasteiger partial charge in [0.2, 0.25) is 0 Å². The van der Waals surface area contributed by atoms with E-state index in [9.17, 15) is 9.59 Å². The summed E-state index contributed by atoms with van der Waals surface area (Å²) in [5.74, 6) is 1.08. The van der Waals surface area contributed by atoms with E-state index in [1.165, 1.54) is 4.68 Å². The number of aromatic nitrogens is 2. The number of anilines is 1. The summed E-state index contributed by atoms with van der Waals surface area (Å²) in [7, 11) is 0. The maximum atomic E-state index is 13.5. The van der Waals surface area contributed by atoms with Crippen molar-refractivity contribution in [2.24, 2.45) is 5.10 Å². The van der Waals surface area contributed by atoms with Crippen LogP contribution in [0, 0.1) is 10.5 Å². The lowest BCUT2D eigenvalue weighted by molar-refractivity contribution is -0.118. The molecule has 0 saturated carbocycles. The Kier molecular flexibility index (Phi) is 8.73. The van der Waals surface area contributed by atoms with Gasteiger partial charge in [-0.1, -0.05) is 60.2 Å². The Labute approximate surface area is 250 Å². The van der Waals surface area contributed by atoms with Crippen LogP contribution in [0.2, 0.25) is 0 Å². The Bertz CT molecular complexity index is 1780. The molecule has 0 unspecified atom stereocenters. The highest BCUT2D eigenvalue weighted by molar-refractivity contribution is 14.1. The third kappa shape index (κ3) is 6.63. The number of carbonyl (C=O) groups is 1. The molecule has 0 aliphatic carbocycles. The molecule has 1 heterocycles. The highest BCUT2D eigenvalue weighted by Crippen LogP contribution is 2.34. The van der Waals surface area contributed by atoms with Crippen LogP contribution in [0.5, 0.6) is 11.5 Å². The van der Waals surface area contributed by atoms with Crippen LogP contribution in [-0.4, -0.2) is 35.0 Å². The minimum Gasteiger partial charge on any atom is -0.490 e. The second-order valence-corrected chi connectivity index (χ2v) is 10.3. The molecule has 4 aromatic carbocycles. The Morgan fingerprint density at radius 2 is 1.73 bits per heavy atom. The molecule has 0 spiro atoms. The summed E-state index contributed by atoms with van der Waals surface area (Å²) in [6.45, 7) is 4.07. The largest absolute Gasteiger partial charge is 0.490 e. The molecule has 1 amide bonds. The topological polar surface area (TPSA) is 94.8 Å². The zero-order valence-electron chi connectivity index (χ0n) is 22.5. The van der Waals surface area contributed by atoms with Gasteiger partial charge in [0, 0.05) is 11.3 Å². The first-order valence-corrected chi connectivity index (χ1v) is 14.1. The molecule has 1 aromatic heterocycles. The fourth-order valence-electron chi connectivity index (χ4n) is 4.17. The third-order valence-electron chi connectivity index (χ3n) is 6.12. The molecule has 1 N–H and O–H groups in total. The summed E-state index contributed by atoms with van der Waals surface area (Å²) in [5, 5.41) is 7.86. The number of para-hydroxylation sites is 1. The molecular weight excluding hydrogens is 631 g/mol. The van der Waals surface area contributed by atoms with Gasteiger partial charge in [0.05, 0.1) is 27.3 Å². The number of nitrogens with zero attached hydrogens (tertiary/aromatic N) is 3. The average Bonchev–Trinajstić information content (AvgIpc) is 2.98. The van der Waals surface area contributed by atoms with E-state index in [0.717, 1.165) is 14.7 Å². The minimum atomic E-state index is -0.283. The Morgan fingerprint density at radius 1 is 1.00 bits per heavy atom. The Balaban J connectivity index is 1.44. The van der Waals surface area contributed by atoms with Gasteiger partial charge in [-0.15, -0.1) is 0 Å². The number of benzene rings is 4. The van der Waals surface area contributed by atoms with Crippen LogP contribution in [-0.2, 0) is 4.79 Å². The van der Waals surface area contributed by atoms with Gasteiger partial charge in [-0.3, -0.25) is 9.59 Å². The van der Waals surface area contributed by atoms with Crippen molar-refractivity contribution < 1.29 is 14.3 Å². The number of hydrogen-bond donors (Lipinski definition) is 1. The number of carbonyl (C=O) groups excluding carboxylic acids is 1. The summed E-state index contributed by atoms with van der Waals surface area (Å²) >= 11 is 2.13. The van der Waals surface area contributed by atoms with Crippen LogP contribution >= 0.6 is 22.6 Å². The summed E-state index contributed by atoms with van der Waals surface area (Å²) in [5.41, 5.74) is 3.59. The van der Waals surface area contributed by atoms with Crippen LogP contribution in [0.15, 0.2) is 101 Å². The van der Waals surface area contributed by atoms with Gasteiger partial charge < -0.3 is 14.8 Å². The van der Waals surface area contributed by atoms with Crippen LogP contribution in [0.4, 0.5) is 5.69 Å². The lowest BCUT2D eigenvalue weighted by atomic mass is 10.2. The second-order valence-electron chi connectivity index (χ2n) is 9.15. The number of nitrogens with one attached hydrogen (secondary N) is 1. The molecule has 9 heteroatoms. The number of fused-ring (bicyclic) bond motifs is 1. The van der Waals surface area contributed by atoms with E-state index in [4.69, 9.17) is 14.5 Å². The molecule has 0 bridgehead atoms. The summed E-state index contributed by atoms with van der Waals surface area (Å²) in [6, 6.07) is 27.8. The molecule has 0 aliphatic rings. The number of halogens is 1. The van der Waals surface area contributed by atoms with Crippen LogP contribution < -0.4 is 20.3 Å². The molecule has 0 aliphatic heterocycles. The van der Waals surface area contributed by atoms with Crippen molar-refractivity contribution in [3.8, 4) is 22.9 Å². The fourth-order valence-corrected chi connectivity index (χ4v) is 4.95. The number of aryl methyl sites for hydroxylation is 1. The second kappa shape index (κ2) is 12.8. The monoisotopic (exact) mass is 658 g/mol. The minimum absolute atomic E-state index is 0.185. The van der Waals surface area contributed by atoms with Crippen LogP contribution in [0.3, 0.4) is 0 Å². The van der Waals surface area contributed by atoms with Crippen molar-refractivity contribution >= 4 is 51.3 Å². The average molecular weight is 658 g/mol. The normalized spacial score (nSPS) is 11.1.